The van der Waals surface area contributed by atoms with Crippen LogP contribution in [0.1, 0.15) is 12.8 Å². The van der Waals surface area contributed by atoms with E-state index in [0.717, 1.165) is 17.7 Å². The van der Waals surface area contributed by atoms with Crippen LogP contribution in [0.15, 0.2) is 53.7 Å². The molecule has 146 valence electrons. The lowest BCUT2D eigenvalue weighted by atomic mass is 10.0. The number of carbonyl (C=O) groups is 1. The largest absolute Gasteiger partial charge is 0.360 e. The molecule has 1 aliphatic carbocycles. The number of hydrogen-bond acceptors (Lipinski definition) is 5. The summed E-state index contributed by atoms with van der Waals surface area (Å²) in [6, 6.07) is 5.96. The van der Waals surface area contributed by atoms with Crippen LogP contribution in [0.2, 0.25) is 0 Å². The molecule has 3 heterocycles. The van der Waals surface area contributed by atoms with Crippen LogP contribution in [-0.4, -0.2) is 53.0 Å². The molecular weight excluding hydrogens is 354 g/mol. The van der Waals surface area contributed by atoms with E-state index < -0.39 is 0 Å². The number of anilines is 1. The molecule has 2 aromatic rings. The van der Waals surface area contributed by atoms with Crippen LogP contribution in [0.3, 0.4) is 0 Å². The molecule has 0 unspecified atom stereocenters. The first-order valence-electron chi connectivity index (χ1n) is 9.71. The molecule has 0 spiro atoms. The third-order valence-electron chi connectivity index (χ3n) is 5.37. The molecule has 3 N–H and O–H groups in total. The number of hydrogen-bond donors (Lipinski definition) is 2. The number of H-pyrrole nitrogens is 1. The van der Waals surface area contributed by atoms with Gasteiger partial charge >= 0.3 is 0 Å². The predicted molar refractivity (Wildman–Crippen MR) is 109 cm³/mol. The number of carbonyl (C=O) groups excluding carboxylic acids is 1. The van der Waals surface area contributed by atoms with Gasteiger partial charge < -0.3 is 20.5 Å². The summed E-state index contributed by atoms with van der Waals surface area (Å²) in [5, 5.41) is 0. The first-order valence-corrected chi connectivity index (χ1v) is 9.71. The third kappa shape index (κ3) is 3.99. The highest BCUT2D eigenvalue weighted by molar-refractivity contribution is 5.88. The maximum absolute atomic E-state index is 12.6. The van der Waals surface area contributed by atoms with Gasteiger partial charge in [0.05, 0.1) is 6.04 Å². The molecule has 1 saturated heterocycles. The number of pyridine rings is 2. The van der Waals surface area contributed by atoms with Crippen LogP contribution in [0.5, 0.6) is 0 Å². The van der Waals surface area contributed by atoms with Crippen molar-refractivity contribution in [3.63, 3.8) is 0 Å². The van der Waals surface area contributed by atoms with Gasteiger partial charge in [0.15, 0.2) is 0 Å². The average Bonchev–Trinajstić information content (AvgIpc) is 3.50. The third-order valence-corrected chi connectivity index (χ3v) is 5.37. The highest BCUT2D eigenvalue weighted by atomic mass is 16.2. The predicted octanol–water partition coefficient (Wildman–Crippen LogP) is 1.38. The van der Waals surface area contributed by atoms with Crippen molar-refractivity contribution < 1.29 is 4.79 Å². The zero-order chi connectivity index (χ0) is 19.5. The number of aromatic amines is 1. The van der Waals surface area contributed by atoms with Crippen molar-refractivity contribution in [2.24, 2.45) is 11.7 Å². The second-order valence-electron chi connectivity index (χ2n) is 7.47. The quantitative estimate of drug-likeness (QED) is 0.709. The lowest BCUT2D eigenvalue weighted by Crippen LogP contribution is -2.62. The Labute approximate surface area is 163 Å². The molecule has 2 fully saturated rings. The summed E-state index contributed by atoms with van der Waals surface area (Å²) in [6.45, 7) is 2.46. The summed E-state index contributed by atoms with van der Waals surface area (Å²) < 4.78 is 0. The van der Waals surface area contributed by atoms with Crippen molar-refractivity contribution in [2.75, 3.05) is 31.1 Å². The molecule has 0 bridgehead atoms. The zero-order valence-electron chi connectivity index (χ0n) is 15.8. The fourth-order valence-electron chi connectivity index (χ4n) is 3.53. The normalized spacial score (nSPS) is 17.0. The number of rotatable bonds is 7. The minimum absolute atomic E-state index is 0.0208. The van der Waals surface area contributed by atoms with Crippen molar-refractivity contribution in [2.45, 2.75) is 18.9 Å². The fourth-order valence-corrected chi connectivity index (χ4v) is 3.53. The van der Waals surface area contributed by atoms with E-state index in [0.29, 0.717) is 31.2 Å². The van der Waals surface area contributed by atoms with Crippen LogP contribution in [-0.2, 0) is 4.79 Å². The Morgan fingerprint density at radius 3 is 2.71 bits per heavy atom. The summed E-state index contributed by atoms with van der Waals surface area (Å²) in [4.78, 5) is 35.7. The topological polar surface area (TPSA) is 95.3 Å². The molecular formula is C21H25N5O2. The molecule has 2 aromatic heterocycles. The standard InChI is InChI=1S/C21H25N5O2/c22-7-1-2-20(27)25-13-18(14-25)26(12-15-3-4-15)19-10-17(11-24-21(19)28)16-5-8-23-9-6-16/h1-2,5-6,8-11,15,18H,3-4,7,12-14,22H2,(H,24,28)/b2-1+. The van der Waals surface area contributed by atoms with E-state index in [-0.39, 0.29) is 17.5 Å². The Morgan fingerprint density at radius 2 is 2.04 bits per heavy atom. The van der Waals surface area contributed by atoms with Crippen LogP contribution < -0.4 is 16.2 Å². The summed E-state index contributed by atoms with van der Waals surface area (Å²) >= 11 is 0. The number of nitrogens with one attached hydrogen (secondary N) is 1. The van der Waals surface area contributed by atoms with Gasteiger partial charge in [0.2, 0.25) is 5.91 Å². The highest BCUT2D eigenvalue weighted by Gasteiger charge is 2.37. The Balaban J connectivity index is 1.56. The molecule has 28 heavy (non-hydrogen) atoms. The van der Waals surface area contributed by atoms with Gasteiger partial charge in [-0.2, -0.15) is 0 Å². The van der Waals surface area contributed by atoms with Crippen LogP contribution >= 0.6 is 0 Å². The second-order valence-corrected chi connectivity index (χ2v) is 7.47. The summed E-state index contributed by atoms with van der Waals surface area (Å²) in [5.41, 5.74) is 7.97. The van der Waals surface area contributed by atoms with E-state index in [1.807, 2.05) is 18.2 Å². The van der Waals surface area contributed by atoms with E-state index >= 15 is 0 Å². The summed E-state index contributed by atoms with van der Waals surface area (Å²) in [7, 11) is 0. The maximum atomic E-state index is 12.6. The molecule has 0 radical (unpaired) electrons. The van der Waals surface area contributed by atoms with E-state index in [4.69, 9.17) is 5.73 Å². The van der Waals surface area contributed by atoms with Crippen molar-refractivity contribution in [1.82, 2.24) is 14.9 Å². The molecule has 4 rings (SSSR count). The summed E-state index contributed by atoms with van der Waals surface area (Å²) in [5.74, 6) is 0.610. The van der Waals surface area contributed by atoms with Gasteiger partial charge in [-0.1, -0.05) is 6.08 Å². The minimum atomic E-state index is -0.0914. The van der Waals surface area contributed by atoms with Gasteiger partial charge in [0, 0.05) is 56.4 Å². The second kappa shape index (κ2) is 7.98. The Kier molecular flexibility index (Phi) is 5.25. The number of aromatic nitrogens is 2. The van der Waals surface area contributed by atoms with Crippen molar-refractivity contribution in [3.05, 3.63) is 59.3 Å². The lowest BCUT2D eigenvalue weighted by molar-refractivity contribution is -0.130. The smallest absolute Gasteiger partial charge is 0.271 e. The van der Waals surface area contributed by atoms with Gasteiger partial charge in [0.1, 0.15) is 5.69 Å². The number of nitrogens with zero attached hydrogens (tertiary/aromatic N) is 3. The monoisotopic (exact) mass is 379 g/mol. The number of nitrogens with two attached hydrogens (primary N) is 1. The van der Waals surface area contributed by atoms with Gasteiger partial charge in [-0.3, -0.25) is 14.6 Å². The van der Waals surface area contributed by atoms with Crippen molar-refractivity contribution in [1.29, 1.82) is 0 Å². The number of likely N-dealkylation sites (tertiary alicyclic amines) is 1. The summed E-state index contributed by atoms with van der Waals surface area (Å²) in [6.07, 6.45) is 10.8. The van der Waals surface area contributed by atoms with E-state index in [1.165, 1.54) is 18.9 Å². The maximum Gasteiger partial charge on any atom is 0.271 e. The average molecular weight is 379 g/mol. The first kappa shape index (κ1) is 18.4. The molecule has 2 aliphatic rings. The van der Waals surface area contributed by atoms with Gasteiger partial charge in [-0.25, -0.2) is 0 Å². The van der Waals surface area contributed by atoms with Gasteiger partial charge in [-0.05, 0) is 42.5 Å². The first-order chi connectivity index (χ1) is 13.7. The van der Waals surface area contributed by atoms with E-state index in [2.05, 4.69) is 14.9 Å². The lowest BCUT2D eigenvalue weighted by Gasteiger charge is -2.46. The van der Waals surface area contributed by atoms with E-state index in [9.17, 15) is 9.59 Å². The van der Waals surface area contributed by atoms with Gasteiger partial charge in [0.25, 0.3) is 5.56 Å². The Bertz CT molecular complexity index is 914. The molecule has 0 atom stereocenters. The van der Waals surface area contributed by atoms with Crippen molar-refractivity contribution >= 4 is 11.6 Å². The fraction of sp³-hybridized carbons (Fsp3) is 0.381. The van der Waals surface area contributed by atoms with Crippen molar-refractivity contribution in [3.8, 4) is 11.1 Å². The number of amides is 1. The molecule has 1 aliphatic heterocycles. The molecule has 7 heteroatoms. The Hall–Kier alpha value is -2.93. The highest BCUT2D eigenvalue weighted by Crippen LogP contribution is 2.33. The Morgan fingerprint density at radius 1 is 1.29 bits per heavy atom. The SMILES string of the molecule is NC/C=C/C(=O)N1CC(N(CC2CC2)c2cc(-c3ccncc3)c[nH]c2=O)C1. The molecule has 1 saturated carbocycles. The van der Waals surface area contributed by atoms with Crippen LogP contribution in [0.25, 0.3) is 11.1 Å². The minimum Gasteiger partial charge on any atom is -0.360 e. The molecule has 0 aromatic carbocycles. The van der Waals surface area contributed by atoms with Crippen LogP contribution in [0, 0.1) is 5.92 Å². The van der Waals surface area contributed by atoms with E-state index in [1.54, 1.807) is 29.6 Å². The zero-order valence-corrected chi connectivity index (χ0v) is 15.8. The van der Waals surface area contributed by atoms with Crippen LogP contribution in [0.4, 0.5) is 5.69 Å². The molecule has 1 amide bonds. The molecule has 7 nitrogen and oxygen atoms in total. The van der Waals surface area contributed by atoms with Gasteiger partial charge in [-0.15, -0.1) is 0 Å².